The molecule has 0 saturated carbocycles. The van der Waals surface area contributed by atoms with Crippen molar-refractivity contribution in [2.75, 3.05) is 116 Å². The molecule has 0 amide bonds. The van der Waals surface area contributed by atoms with Crippen molar-refractivity contribution in [2.45, 2.75) is 88.3 Å². The molecule has 3 saturated heterocycles. The average molecular weight is 1540 g/mol. The van der Waals surface area contributed by atoms with E-state index >= 15 is 0 Å². The summed E-state index contributed by atoms with van der Waals surface area (Å²) in [7, 11) is 12.5. The number of nitrogens with zero attached hydrogens (tertiary/aromatic N) is 2. The Hall–Kier alpha value is -10.4. The second-order valence-electron chi connectivity index (χ2n) is 27.2. The minimum absolute atomic E-state index is 0.0689. The molecule has 596 valence electrons. The van der Waals surface area contributed by atoms with Crippen LogP contribution in [0, 0.1) is 35.2 Å². The van der Waals surface area contributed by atoms with Gasteiger partial charge >= 0.3 is 17.9 Å². The summed E-state index contributed by atoms with van der Waals surface area (Å²) in [5.41, 5.74) is 5.72. The molecule has 8 aromatic carbocycles. The highest BCUT2D eigenvalue weighted by Gasteiger charge is 2.38. The fourth-order valence-electron chi connectivity index (χ4n) is 13.9. The van der Waals surface area contributed by atoms with Crippen molar-refractivity contribution in [3.05, 3.63) is 238 Å². The maximum absolute atomic E-state index is 13.0. The first-order valence-electron chi connectivity index (χ1n) is 36.9. The van der Waals surface area contributed by atoms with Crippen LogP contribution in [0.3, 0.4) is 0 Å². The maximum Gasteiger partial charge on any atom is 0.349 e. The summed E-state index contributed by atoms with van der Waals surface area (Å²) >= 11 is 0. The molecule has 1 unspecified atom stereocenters. The maximum atomic E-state index is 13.0. The summed E-state index contributed by atoms with van der Waals surface area (Å²) in [5.74, 6) is -1.47. The minimum atomic E-state index is -2.39. The summed E-state index contributed by atoms with van der Waals surface area (Å²) in [6.07, 6.45) is 2.07. The van der Waals surface area contributed by atoms with E-state index in [1.165, 1.54) is 105 Å². The van der Waals surface area contributed by atoms with E-state index in [2.05, 4.69) is 9.80 Å². The van der Waals surface area contributed by atoms with Crippen LogP contribution in [0.2, 0.25) is 0 Å². The number of aliphatic hydroxyl groups is 3. The smallest absolute Gasteiger partial charge is 0.349 e. The number of hydrogen-bond acceptors (Lipinski definition) is 20. The number of para-hydroxylation sites is 3. The highest BCUT2D eigenvalue weighted by Crippen LogP contribution is 2.43. The highest BCUT2D eigenvalue weighted by atomic mass is 19.1. The zero-order chi connectivity index (χ0) is 79.9. The third-order valence-electron chi connectivity index (χ3n) is 20.4. The van der Waals surface area contributed by atoms with Crippen LogP contribution in [-0.2, 0) is 38.3 Å². The molecule has 8 aromatic rings. The number of likely N-dealkylation sites (tertiary alicyclic amines) is 3. The Morgan fingerprint density at radius 1 is 0.414 bits per heavy atom. The molecule has 111 heavy (non-hydrogen) atoms. The number of piperidine rings is 3. The quantitative estimate of drug-likeness (QED) is 0.0262. The number of ether oxygens (including phenoxy) is 10. The lowest BCUT2D eigenvalue weighted by Gasteiger charge is -2.34. The fourth-order valence-corrected chi connectivity index (χ4v) is 13.9. The molecule has 3 aliphatic heterocycles. The Kier molecular flexibility index (Phi) is 34.0. The number of methoxy groups -OCH3 is 8. The van der Waals surface area contributed by atoms with E-state index < -0.39 is 54.4 Å². The molecule has 0 aromatic heterocycles. The van der Waals surface area contributed by atoms with Crippen LogP contribution in [0.1, 0.15) is 111 Å². The number of carbonyl (C=O) groups is 4. The molecule has 5 atom stereocenters. The Balaban J connectivity index is 0.000000186. The summed E-state index contributed by atoms with van der Waals surface area (Å²) in [4.78, 5) is 53.7. The van der Waals surface area contributed by atoms with Crippen molar-refractivity contribution in [2.24, 2.45) is 17.8 Å². The predicted molar refractivity (Wildman–Crippen MR) is 407 cm³/mol. The van der Waals surface area contributed by atoms with E-state index in [9.17, 15) is 57.9 Å². The molecule has 3 heterocycles. The molecular weight excluding hydrogens is 1440 g/mol. The Bertz CT molecular complexity index is 3790. The second-order valence-corrected chi connectivity index (χ2v) is 27.2. The number of carboxylic acid groups (broad SMARTS) is 2. The molecule has 22 nitrogen and oxygen atoms in total. The number of halogens is 3. The molecule has 0 aliphatic carbocycles. The summed E-state index contributed by atoms with van der Waals surface area (Å²) in [6, 6.07) is 48.0. The van der Waals surface area contributed by atoms with Gasteiger partial charge in [-0.1, -0.05) is 72.8 Å². The van der Waals surface area contributed by atoms with E-state index in [1.807, 2.05) is 91.0 Å². The van der Waals surface area contributed by atoms with Crippen molar-refractivity contribution in [3.63, 3.8) is 0 Å². The Morgan fingerprint density at radius 2 is 0.730 bits per heavy atom. The third-order valence-corrected chi connectivity index (χ3v) is 20.4. The Morgan fingerprint density at radius 3 is 1.03 bits per heavy atom. The van der Waals surface area contributed by atoms with Crippen LogP contribution < -0.4 is 47.9 Å². The van der Waals surface area contributed by atoms with E-state index in [0.29, 0.717) is 46.0 Å². The second kappa shape index (κ2) is 43.8. The number of aliphatic carboxylic acids is 2. The van der Waals surface area contributed by atoms with Crippen LogP contribution in [-0.4, -0.2) is 182 Å². The van der Waals surface area contributed by atoms with Gasteiger partial charge in [0.2, 0.25) is 6.10 Å². The number of hydrogen-bond donors (Lipinski definition) is 5. The van der Waals surface area contributed by atoms with E-state index in [4.69, 9.17) is 47.4 Å². The van der Waals surface area contributed by atoms with E-state index in [-0.39, 0.29) is 46.3 Å². The normalized spacial score (nSPS) is 16.6. The predicted octanol–water partition coefficient (Wildman–Crippen LogP) is 10.4. The van der Waals surface area contributed by atoms with Gasteiger partial charge in [0.1, 0.15) is 29.0 Å². The first kappa shape index (κ1) is 86.2. The van der Waals surface area contributed by atoms with Gasteiger partial charge in [-0.2, -0.15) is 0 Å². The van der Waals surface area contributed by atoms with Gasteiger partial charge in [-0.25, -0.2) is 27.6 Å². The topological polar surface area (TPSA) is 275 Å². The third kappa shape index (κ3) is 25.0. The van der Waals surface area contributed by atoms with Crippen molar-refractivity contribution < 1.29 is 110 Å². The lowest BCUT2D eigenvalue weighted by Crippen LogP contribution is -3.13. The molecule has 5 N–H and O–H groups in total. The van der Waals surface area contributed by atoms with Crippen LogP contribution in [0.15, 0.2) is 176 Å². The largest absolute Gasteiger partial charge is 0.546 e. The lowest BCUT2D eigenvalue weighted by atomic mass is 9.87. The molecule has 3 aliphatic rings. The molecule has 25 heteroatoms. The van der Waals surface area contributed by atoms with Crippen molar-refractivity contribution >= 4 is 23.9 Å². The number of esters is 2. The number of nitrogens with one attached hydrogen (secondary N) is 1. The average Bonchev–Trinajstić information content (AvgIpc) is 0.828. The fraction of sp³-hybridized carbons (Fsp3) is 0.395. The highest BCUT2D eigenvalue weighted by molar-refractivity contribution is 5.95. The first-order chi connectivity index (χ1) is 53.6. The zero-order valence-electron chi connectivity index (χ0n) is 64.0. The van der Waals surface area contributed by atoms with Crippen LogP contribution in [0.4, 0.5) is 13.2 Å². The van der Waals surface area contributed by atoms with Gasteiger partial charge in [0.15, 0.2) is 40.6 Å². The molecule has 0 spiro atoms. The van der Waals surface area contributed by atoms with Gasteiger partial charge in [0.05, 0.1) is 112 Å². The number of rotatable bonds is 30. The van der Waals surface area contributed by atoms with Gasteiger partial charge in [0, 0.05) is 49.0 Å². The number of aliphatic hydroxyl groups excluding tert-OH is 3. The minimum Gasteiger partial charge on any atom is -0.546 e. The number of benzene rings is 8. The standard InChI is InChI=1S/3C22H28FNO3.C20H18O10/c3*1-26-20-5-3-4-19(22(20)27-2)21(25)17-11-14-24(15-12-17)13-10-16-6-8-18(23)9-7-16;1-27-13-7-3-11(4-8-13)19(25)29-15(17(21)22)16(18(23)24)30-20(26)12-5-9-14(28-2)10-6-12/h3*3-9,17,21,25H,10-15H2,1-2H3;3-10,15-16H,1-2H3,(H,21,22)(H,23,24)/t2*21-;;15-,16-/m10.0/s1. The first-order valence-corrected chi connectivity index (χ1v) is 36.9. The lowest BCUT2D eigenvalue weighted by molar-refractivity contribution is -0.906. The van der Waals surface area contributed by atoms with Crippen molar-refractivity contribution in [1.29, 1.82) is 0 Å². The Labute approximate surface area is 646 Å². The molecule has 3 fully saturated rings. The number of carbonyl (C=O) groups excluding carboxylic acids is 3. The van der Waals surface area contributed by atoms with Gasteiger partial charge in [-0.3, -0.25) is 0 Å². The summed E-state index contributed by atoms with van der Waals surface area (Å²) in [5, 5.41) is 53.5. The molecular formula is C86H102F3N3O19. The monoisotopic (exact) mass is 1540 g/mol. The van der Waals surface area contributed by atoms with Gasteiger partial charge in [-0.15, -0.1) is 0 Å². The molecule has 0 bridgehead atoms. The van der Waals surface area contributed by atoms with Crippen molar-refractivity contribution in [3.8, 4) is 46.0 Å². The number of carboxylic acids is 2. The SMILES string of the molecule is COc1ccc(C(=O)O[C@H](C(=O)[O-])[C@H](OC(=O)c2ccc(OC)cc2)C(=O)O)cc1.COc1cccc(C(O)C2CCN(CCc3ccc(F)cc3)CC2)c1OC.COc1cccc([C@@H](O)C2CCN(CCc3ccc(F)cc3)CC2)c1OC.COc1cccc([C@H](O)C2CC[NH+](CCc3ccc(F)cc3)CC2)c1OC. The number of quaternary nitrogens is 1. The summed E-state index contributed by atoms with van der Waals surface area (Å²) < 4.78 is 90.8. The van der Waals surface area contributed by atoms with Crippen LogP contribution >= 0.6 is 0 Å². The van der Waals surface area contributed by atoms with Gasteiger partial charge in [0.25, 0.3) is 0 Å². The van der Waals surface area contributed by atoms with E-state index in [1.54, 1.807) is 47.6 Å². The van der Waals surface area contributed by atoms with Crippen LogP contribution in [0.5, 0.6) is 46.0 Å². The van der Waals surface area contributed by atoms with Gasteiger partial charge in [-0.05, 0) is 202 Å². The molecule has 11 rings (SSSR count). The van der Waals surface area contributed by atoms with Gasteiger partial charge < -0.3 is 92.4 Å². The van der Waals surface area contributed by atoms with E-state index in [0.717, 1.165) is 145 Å². The zero-order valence-corrected chi connectivity index (χ0v) is 64.0. The van der Waals surface area contributed by atoms with Crippen molar-refractivity contribution in [1.82, 2.24) is 9.80 Å². The molecule has 0 radical (unpaired) electrons. The summed E-state index contributed by atoms with van der Waals surface area (Å²) in [6.45, 7) is 8.84. The van der Waals surface area contributed by atoms with Crippen LogP contribution in [0.25, 0.3) is 0 Å².